The molecule has 1 N–H and O–H groups in total. The number of carbonyl (C=O) groups is 3. The third-order valence-electron chi connectivity index (χ3n) is 5.21. The maximum absolute atomic E-state index is 12.5. The molecule has 0 spiro atoms. The Bertz CT molecular complexity index is 1040. The SMILES string of the molecule is O=CCCCCc1cccc2c1c1cccnc1n2C1CCC(=O)NC1=O. The summed E-state index contributed by atoms with van der Waals surface area (Å²) in [5.74, 6) is -0.493. The molecule has 27 heavy (non-hydrogen) atoms. The van der Waals surface area contributed by atoms with Crippen LogP contribution in [0.2, 0.25) is 0 Å². The molecule has 0 radical (unpaired) electrons. The predicted molar refractivity (Wildman–Crippen MR) is 102 cm³/mol. The Morgan fingerprint density at radius 3 is 2.89 bits per heavy atom. The van der Waals surface area contributed by atoms with E-state index in [-0.39, 0.29) is 11.8 Å². The number of imide groups is 1. The summed E-state index contributed by atoms with van der Waals surface area (Å²) in [6.07, 6.45) is 6.74. The second-order valence-electron chi connectivity index (χ2n) is 6.94. The van der Waals surface area contributed by atoms with Gasteiger partial charge < -0.3 is 9.36 Å². The van der Waals surface area contributed by atoms with Crippen molar-refractivity contribution in [3.8, 4) is 0 Å². The van der Waals surface area contributed by atoms with Gasteiger partial charge in [-0.15, -0.1) is 0 Å². The van der Waals surface area contributed by atoms with Crippen LogP contribution in [0.5, 0.6) is 0 Å². The molecule has 1 fully saturated rings. The Labute approximate surface area is 156 Å². The Morgan fingerprint density at radius 1 is 1.19 bits per heavy atom. The molecule has 1 atom stereocenters. The van der Waals surface area contributed by atoms with E-state index < -0.39 is 6.04 Å². The number of pyridine rings is 1. The van der Waals surface area contributed by atoms with E-state index in [4.69, 9.17) is 0 Å². The molecule has 1 unspecified atom stereocenters. The minimum absolute atomic E-state index is 0.221. The molecule has 1 aromatic carbocycles. The van der Waals surface area contributed by atoms with Crippen molar-refractivity contribution >= 4 is 40.0 Å². The molecular weight excluding hydrogens is 342 g/mol. The van der Waals surface area contributed by atoms with Gasteiger partial charge in [0.2, 0.25) is 11.8 Å². The van der Waals surface area contributed by atoms with Crippen molar-refractivity contribution in [1.82, 2.24) is 14.9 Å². The first kappa shape index (κ1) is 17.4. The Morgan fingerprint density at radius 2 is 2.07 bits per heavy atom. The normalized spacial score (nSPS) is 17.4. The lowest BCUT2D eigenvalue weighted by Crippen LogP contribution is -2.41. The van der Waals surface area contributed by atoms with Crippen molar-refractivity contribution in [2.45, 2.75) is 44.6 Å². The first-order valence-corrected chi connectivity index (χ1v) is 9.34. The summed E-state index contributed by atoms with van der Waals surface area (Å²) in [5.41, 5.74) is 2.93. The summed E-state index contributed by atoms with van der Waals surface area (Å²) in [6.45, 7) is 0. The third kappa shape index (κ3) is 3.12. The lowest BCUT2D eigenvalue weighted by molar-refractivity contribution is -0.135. The van der Waals surface area contributed by atoms with Crippen LogP contribution in [-0.2, 0) is 20.8 Å². The number of aldehydes is 1. The summed E-state index contributed by atoms with van der Waals surface area (Å²) in [5, 5.41) is 4.58. The van der Waals surface area contributed by atoms with Crippen LogP contribution in [0, 0.1) is 0 Å². The third-order valence-corrected chi connectivity index (χ3v) is 5.21. The Hall–Kier alpha value is -3.02. The molecule has 6 heteroatoms. The summed E-state index contributed by atoms with van der Waals surface area (Å²) in [4.78, 5) is 39.2. The van der Waals surface area contributed by atoms with E-state index in [2.05, 4.69) is 16.4 Å². The summed E-state index contributed by atoms with van der Waals surface area (Å²) >= 11 is 0. The molecule has 138 valence electrons. The number of benzene rings is 1. The molecule has 0 saturated carbocycles. The molecule has 6 nitrogen and oxygen atoms in total. The van der Waals surface area contributed by atoms with Crippen LogP contribution in [0.15, 0.2) is 36.5 Å². The number of amides is 2. The number of nitrogens with one attached hydrogen (secondary N) is 1. The monoisotopic (exact) mass is 363 g/mol. The zero-order valence-electron chi connectivity index (χ0n) is 15.0. The van der Waals surface area contributed by atoms with Crippen molar-refractivity contribution in [3.05, 3.63) is 42.1 Å². The molecule has 0 bridgehead atoms. The van der Waals surface area contributed by atoms with Crippen molar-refractivity contribution in [2.75, 3.05) is 0 Å². The summed E-state index contributed by atoms with van der Waals surface area (Å²) < 4.78 is 1.97. The van der Waals surface area contributed by atoms with Gasteiger partial charge in [0.05, 0.1) is 5.52 Å². The molecule has 1 aliphatic rings. The van der Waals surface area contributed by atoms with Crippen LogP contribution >= 0.6 is 0 Å². The number of hydrogen-bond donors (Lipinski definition) is 1. The lowest BCUT2D eigenvalue weighted by Gasteiger charge is -2.23. The number of fused-ring (bicyclic) bond motifs is 3. The van der Waals surface area contributed by atoms with Gasteiger partial charge in [0.15, 0.2) is 0 Å². The van der Waals surface area contributed by atoms with Gasteiger partial charge >= 0.3 is 0 Å². The van der Waals surface area contributed by atoms with Gasteiger partial charge in [0, 0.05) is 29.8 Å². The molecule has 4 rings (SSSR count). The molecule has 3 heterocycles. The maximum atomic E-state index is 12.5. The quantitative estimate of drug-likeness (QED) is 0.415. The van der Waals surface area contributed by atoms with Crippen molar-refractivity contribution in [2.24, 2.45) is 0 Å². The topological polar surface area (TPSA) is 81.1 Å². The number of carbonyl (C=O) groups excluding carboxylic acids is 3. The van der Waals surface area contributed by atoms with Gasteiger partial charge in [0.1, 0.15) is 18.0 Å². The predicted octanol–water partition coefficient (Wildman–Crippen LogP) is 3.08. The minimum atomic E-state index is -0.442. The average Bonchev–Trinajstić information content (AvgIpc) is 3.01. The van der Waals surface area contributed by atoms with Crippen LogP contribution in [0.4, 0.5) is 0 Å². The number of unbranched alkanes of at least 4 members (excludes halogenated alkanes) is 2. The summed E-state index contributed by atoms with van der Waals surface area (Å²) in [7, 11) is 0. The first-order valence-electron chi connectivity index (χ1n) is 9.34. The number of aryl methyl sites for hydroxylation is 1. The molecule has 3 aromatic rings. The van der Waals surface area contributed by atoms with Crippen LogP contribution in [0.1, 0.15) is 43.7 Å². The molecule has 0 aliphatic carbocycles. The Kier molecular flexibility index (Phi) is 4.71. The number of piperidine rings is 1. The second-order valence-corrected chi connectivity index (χ2v) is 6.94. The van der Waals surface area contributed by atoms with Crippen LogP contribution in [0.3, 0.4) is 0 Å². The standard InChI is InChI=1S/C21H21N3O3/c25-13-3-1-2-6-14-7-4-9-16-19(14)15-8-5-12-22-20(15)24(16)17-10-11-18(26)23-21(17)27/h4-5,7-9,12-13,17H,1-3,6,10-11H2,(H,23,26,27). The zero-order chi connectivity index (χ0) is 18.8. The van der Waals surface area contributed by atoms with Gasteiger partial charge in [-0.1, -0.05) is 12.1 Å². The fourth-order valence-electron chi connectivity index (χ4n) is 3.99. The van der Waals surface area contributed by atoms with Gasteiger partial charge in [-0.25, -0.2) is 4.98 Å². The Balaban J connectivity index is 1.85. The lowest BCUT2D eigenvalue weighted by atomic mass is 10.0. The largest absolute Gasteiger partial charge is 0.313 e. The molecule has 1 saturated heterocycles. The van der Waals surface area contributed by atoms with E-state index in [1.54, 1.807) is 6.20 Å². The average molecular weight is 363 g/mol. The zero-order valence-corrected chi connectivity index (χ0v) is 15.0. The highest BCUT2D eigenvalue weighted by atomic mass is 16.2. The van der Waals surface area contributed by atoms with Crippen LogP contribution in [-0.4, -0.2) is 27.7 Å². The molecule has 2 amide bonds. The van der Waals surface area contributed by atoms with Crippen molar-refractivity contribution in [1.29, 1.82) is 0 Å². The summed E-state index contributed by atoms with van der Waals surface area (Å²) in [6, 6.07) is 9.60. The fourth-order valence-corrected chi connectivity index (χ4v) is 3.99. The van der Waals surface area contributed by atoms with Crippen molar-refractivity contribution in [3.63, 3.8) is 0 Å². The molecule has 2 aromatic heterocycles. The van der Waals surface area contributed by atoms with E-state index in [1.165, 1.54) is 5.56 Å². The highest BCUT2D eigenvalue weighted by Crippen LogP contribution is 2.35. The highest BCUT2D eigenvalue weighted by Gasteiger charge is 2.31. The van der Waals surface area contributed by atoms with Gasteiger partial charge in [-0.05, 0) is 49.4 Å². The van der Waals surface area contributed by atoms with Crippen LogP contribution in [0.25, 0.3) is 21.9 Å². The van der Waals surface area contributed by atoms with Crippen molar-refractivity contribution < 1.29 is 14.4 Å². The van der Waals surface area contributed by atoms with Gasteiger partial charge in [-0.2, -0.15) is 0 Å². The maximum Gasteiger partial charge on any atom is 0.249 e. The highest BCUT2D eigenvalue weighted by molar-refractivity contribution is 6.10. The molecule has 1 aliphatic heterocycles. The molecular formula is C21H21N3O3. The van der Waals surface area contributed by atoms with E-state index >= 15 is 0 Å². The number of rotatable bonds is 6. The number of aromatic nitrogens is 2. The van der Waals surface area contributed by atoms with Gasteiger partial charge in [0.25, 0.3) is 0 Å². The smallest absolute Gasteiger partial charge is 0.249 e. The van der Waals surface area contributed by atoms with Gasteiger partial charge in [-0.3, -0.25) is 14.9 Å². The first-order chi connectivity index (χ1) is 13.2. The van der Waals surface area contributed by atoms with E-state index in [0.717, 1.165) is 47.5 Å². The second kappa shape index (κ2) is 7.31. The van der Waals surface area contributed by atoms with E-state index in [0.29, 0.717) is 19.3 Å². The van der Waals surface area contributed by atoms with E-state index in [1.807, 2.05) is 28.8 Å². The van der Waals surface area contributed by atoms with Crippen LogP contribution < -0.4 is 5.32 Å². The van der Waals surface area contributed by atoms with E-state index in [9.17, 15) is 14.4 Å². The number of nitrogens with zero attached hydrogens (tertiary/aromatic N) is 2. The minimum Gasteiger partial charge on any atom is -0.313 e. The fraction of sp³-hybridized carbons (Fsp3) is 0.333. The number of hydrogen-bond acceptors (Lipinski definition) is 4.